The minimum absolute atomic E-state index is 0.0457. The third kappa shape index (κ3) is 4.65. The molecule has 2 rings (SSSR count). The second kappa shape index (κ2) is 8.98. The van der Waals surface area contributed by atoms with Crippen molar-refractivity contribution in [1.82, 2.24) is 0 Å². The minimum Gasteiger partial charge on any atom is -0.484 e. The van der Waals surface area contributed by atoms with E-state index in [4.69, 9.17) is 9.47 Å². The second-order valence-electron chi connectivity index (χ2n) is 7.32. The number of carbonyl (C=O) groups excluding carboxylic acids is 3. The van der Waals surface area contributed by atoms with Crippen molar-refractivity contribution in [3.8, 4) is 0 Å². The van der Waals surface area contributed by atoms with Gasteiger partial charge in [-0.05, 0) is 34.1 Å². The Bertz CT molecular complexity index is 698. The summed E-state index contributed by atoms with van der Waals surface area (Å²) >= 11 is 0. The van der Waals surface area contributed by atoms with E-state index in [-0.39, 0.29) is 29.5 Å². The summed E-state index contributed by atoms with van der Waals surface area (Å²) < 4.78 is 11.2. The fraction of sp³-hybridized carbons (Fsp3) is 0.500. The zero-order valence-electron chi connectivity index (χ0n) is 16.7. The van der Waals surface area contributed by atoms with Crippen molar-refractivity contribution in [3.63, 3.8) is 0 Å². The third-order valence-electron chi connectivity index (χ3n) is 4.32. The molecule has 0 aromatic heterocycles. The van der Waals surface area contributed by atoms with E-state index in [0.29, 0.717) is 18.4 Å². The number of benzene rings is 1. The van der Waals surface area contributed by atoms with Crippen LogP contribution in [0.1, 0.15) is 57.8 Å². The van der Waals surface area contributed by atoms with Crippen molar-refractivity contribution in [3.05, 3.63) is 47.4 Å². The van der Waals surface area contributed by atoms with E-state index in [1.807, 2.05) is 13.0 Å². The highest BCUT2D eigenvalue weighted by Crippen LogP contribution is 2.36. The minimum atomic E-state index is -1.08. The summed E-state index contributed by atoms with van der Waals surface area (Å²) in [6.07, 6.45) is 0.562. The van der Waals surface area contributed by atoms with Crippen molar-refractivity contribution in [2.24, 2.45) is 11.8 Å². The van der Waals surface area contributed by atoms with Gasteiger partial charge in [0.2, 0.25) is 23.1 Å². The number of rotatable bonds is 9. The summed E-state index contributed by atoms with van der Waals surface area (Å²) in [7, 11) is 0. The topological polar surface area (TPSA) is 69.7 Å². The van der Waals surface area contributed by atoms with Gasteiger partial charge in [-0.25, -0.2) is 0 Å². The SMILES string of the molecule is CCCC(C(=O)c1ccccc1)C1C(=O)C(OC(C)C)=C(OC(C)C)C1=O. The van der Waals surface area contributed by atoms with Crippen LogP contribution in [0.25, 0.3) is 0 Å². The summed E-state index contributed by atoms with van der Waals surface area (Å²) in [4.78, 5) is 39.2. The molecule has 0 saturated heterocycles. The van der Waals surface area contributed by atoms with Crippen LogP contribution in [0, 0.1) is 11.8 Å². The molecule has 27 heavy (non-hydrogen) atoms. The third-order valence-corrected chi connectivity index (χ3v) is 4.32. The Morgan fingerprint density at radius 2 is 1.41 bits per heavy atom. The van der Waals surface area contributed by atoms with Crippen LogP contribution in [-0.4, -0.2) is 29.6 Å². The van der Waals surface area contributed by atoms with E-state index in [0.717, 1.165) is 0 Å². The van der Waals surface area contributed by atoms with E-state index in [9.17, 15) is 14.4 Å². The lowest BCUT2D eigenvalue weighted by molar-refractivity contribution is -0.130. The Labute approximate surface area is 160 Å². The summed E-state index contributed by atoms with van der Waals surface area (Å²) in [6, 6.07) is 8.78. The molecule has 0 fully saturated rings. The fourth-order valence-corrected chi connectivity index (χ4v) is 3.26. The molecule has 1 unspecified atom stereocenters. The molecule has 1 aromatic carbocycles. The van der Waals surface area contributed by atoms with Crippen molar-refractivity contribution < 1.29 is 23.9 Å². The molecule has 0 amide bonds. The van der Waals surface area contributed by atoms with Gasteiger partial charge in [-0.2, -0.15) is 0 Å². The van der Waals surface area contributed by atoms with Crippen LogP contribution in [0.5, 0.6) is 0 Å². The van der Waals surface area contributed by atoms with Crippen LogP contribution in [0.2, 0.25) is 0 Å². The van der Waals surface area contributed by atoms with Gasteiger partial charge in [-0.3, -0.25) is 14.4 Å². The average Bonchev–Trinajstić information content (AvgIpc) is 2.83. The lowest BCUT2D eigenvalue weighted by Crippen LogP contribution is -2.33. The van der Waals surface area contributed by atoms with Crippen LogP contribution in [0.4, 0.5) is 0 Å². The van der Waals surface area contributed by atoms with Gasteiger partial charge in [0.1, 0.15) is 5.92 Å². The first kappa shape index (κ1) is 20.9. The van der Waals surface area contributed by atoms with Gasteiger partial charge in [-0.15, -0.1) is 0 Å². The van der Waals surface area contributed by atoms with Gasteiger partial charge in [0, 0.05) is 11.5 Å². The zero-order valence-corrected chi connectivity index (χ0v) is 16.7. The van der Waals surface area contributed by atoms with Gasteiger partial charge >= 0.3 is 0 Å². The lowest BCUT2D eigenvalue weighted by Gasteiger charge is -2.20. The fourth-order valence-electron chi connectivity index (χ4n) is 3.26. The smallest absolute Gasteiger partial charge is 0.213 e. The highest BCUT2D eigenvalue weighted by atomic mass is 16.5. The van der Waals surface area contributed by atoms with E-state index in [1.54, 1.807) is 52.0 Å². The quantitative estimate of drug-likeness (QED) is 0.482. The van der Waals surface area contributed by atoms with Crippen molar-refractivity contribution in [1.29, 1.82) is 0 Å². The van der Waals surface area contributed by atoms with E-state index in [2.05, 4.69) is 0 Å². The lowest BCUT2D eigenvalue weighted by atomic mass is 9.80. The molecule has 0 N–H and O–H groups in total. The predicted molar refractivity (Wildman–Crippen MR) is 102 cm³/mol. The highest BCUT2D eigenvalue weighted by Gasteiger charge is 2.50. The molecule has 1 atom stereocenters. The van der Waals surface area contributed by atoms with Crippen LogP contribution >= 0.6 is 0 Å². The van der Waals surface area contributed by atoms with E-state index >= 15 is 0 Å². The number of ketones is 3. The first-order valence-electron chi connectivity index (χ1n) is 9.53. The molecule has 0 bridgehead atoms. The summed E-state index contributed by atoms with van der Waals surface area (Å²) in [5.41, 5.74) is 0.501. The van der Waals surface area contributed by atoms with Crippen LogP contribution < -0.4 is 0 Å². The monoisotopic (exact) mass is 372 g/mol. The van der Waals surface area contributed by atoms with Crippen molar-refractivity contribution in [2.75, 3.05) is 0 Å². The maximum atomic E-state index is 13.1. The normalized spacial score (nSPS) is 16.4. The van der Waals surface area contributed by atoms with E-state index < -0.39 is 23.4 Å². The average molecular weight is 372 g/mol. The molecular weight excluding hydrogens is 344 g/mol. The Balaban J connectivity index is 2.41. The standard InChI is InChI=1S/C22H28O5/c1-6-10-16(18(23)15-11-8-7-9-12-15)17-19(24)21(26-13(2)3)22(20(17)25)27-14(4)5/h7-9,11-14,16-17H,6,10H2,1-5H3. The Morgan fingerprint density at radius 1 is 0.926 bits per heavy atom. The first-order valence-corrected chi connectivity index (χ1v) is 9.53. The maximum absolute atomic E-state index is 13.1. The van der Waals surface area contributed by atoms with Gasteiger partial charge in [0.25, 0.3) is 0 Å². The molecular formula is C22H28O5. The second-order valence-corrected chi connectivity index (χ2v) is 7.32. The number of hydrogen-bond acceptors (Lipinski definition) is 5. The Hall–Kier alpha value is -2.43. The zero-order chi connectivity index (χ0) is 20.1. The van der Waals surface area contributed by atoms with Crippen molar-refractivity contribution in [2.45, 2.75) is 59.7 Å². The van der Waals surface area contributed by atoms with Crippen LogP contribution in [0.15, 0.2) is 41.9 Å². The molecule has 0 saturated carbocycles. The number of allylic oxidation sites excluding steroid dienone is 2. The Kier molecular flexibility index (Phi) is 6.94. The molecule has 0 radical (unpaired) electrons. The summed E-state index contributed by atoms with van der Waals surface area (Å²) in [5.74, 6) is -3.00. The van der Waals surface area contributed by atoms with Gasteiger partial charge in [0.05, 0.1) is 12.2 Å². The molecule has 146 valence electrons. The van der Waals surface area contributed by atoms with Crippen LogP contribution in [-0.2, 0) is 19.1 Å². The maximum Gasteiger partial charge on any atom is 0.213 e. The largest absolute Gasteiger partial charge is 0.484 e. The van der Waals surface area contributed by atoms with E-state index in [1.165, 1.54) is 0 Å². The van der Waals surface area contributed by atoms with Gasteiger partial charge in [-0.1, -0.05) is 43.7 Å². The molecule has 1 aromatic rings. The summed E-state index contributed by atoms with van der Waals surface area (Å²) in [5, 5.41) is 0. The molecule has 0 spiro atoms. The van der Waals surface area contributed by atoms with Crippen molar-refractivity contribution >= 4 is 17.3 Å². The highest BCUT2D eigenvalue weighted by molar-refractivity contribution is 6.25. The molecule has 1 aliphatic carbocycles. The number of carbonyl (C=O) groups is 3. The van der Waals surface area contributed by atoms with Gasteiger partial charge in [0.15, 0.2) is 5.78 Å². The number of Topliss-reactive ketones (excluding diaryl/α,β-unsaturated/α-hetero) is 3. The summed E-state index contributed by atoms with van der Waals surface area (Å²) in [6.45, 7) is 9.06. The molecule has 1 aliphatic rings. The number of ether oxygens (including phenoxy) is 2. The Morgan fingerprint density at radius 3 is 1.81 bits per heavy atom. The first-order chi connectivity index (χ1) is 12.8. The molecule has 0 aliphatic heterocycles. The van der Waals surface area contributed by atoms with Gasteiger partial charge < -0.3 is 9.47 Å². The molecule has 5 nitrogen and oxygen atoms in total. The van der Waals surface area contributed by atoms with Crippen LogP contribution in [0.3, 0.4) is 0 Å². The predicted octanol–water partition coefficient (Wildman–Crippen LogP) is 4.12. The molecule has 0 heterocycles. The number of hydrogen-bond donors (Lipinski definition) is 0. The molecule has 5 heteroatoms.